The van der Waals surface area contributed by atoms with Gasteiger partial charge in [0.2, 0.25) is 0 Å². The van der Waals surface area contributed by atoms with Crippen LogP contribution >= 0.6 is 11.3 Å². The molecule has 0 bridgehead atoms. The first kappa shape index (κ1) is 21.0. The van der Waals surface area contributed by atoms with Crippen LogP contribution in [0.25, 0.3) is 43.6 Å². The second-order valence-corrected chi connectivity index (χ2v) is 10.2. The van der Waals surface area contributed by atoms with Gasteiger partial charge in [-0.1, -0.05) is 12.1 Å². The summed E-state index contributed by atoms with van der Waals surface area (Å²) in [5.41, 5.74) is 5.25. The molecular weight excluding hydrogens is 442 g/mol. The van der Waals surface area contributed by atoms with Crippen LogP contribution in [0, 0.1) is 6.92 Å². The van der Waals surface area contributed by atoms with Gasteiger partial charge in [0.1, 0.15) is 11.3 Å². The number of rotatable bonds is 3. The molecule has 0 radical (unpaired) electrons. The van der Waals surface area contributed by atoms with Crippen molar-refractivity contribution in [2.75, 3.05) is 38.1 Å². The summed E-state index contributed by atoms with van der Waals surface area (Å²) in [6, 6.07) is 18.8. The van der Waals surface area contributed by atoms with Crippen LogP contribution in [-0.2, 0) is 0 Å². The minimum atomic E-state index is -0.0811. The lowest BCUT2D eigenvalue weighted by molar-refractivity contribution is 0.312. The summed E-state index contributed by atoms with van der Waals surface area (Å²) < 4.78 is 0. The van der Waals surface area contributed by atoms with E-state index in [1.54, 1.807) is 11.3 Å². The molecule has 0 aliphatic carbocycles. The molecule has 34 heavy (non-hydrogen) atoms. The van der Waals surface area contributed by atoms with E-state index in [2.05, 4.69) is 76.2 Å². The molecule has 7 heteroatoms. The molecule has 5 heterocycles. The summed E-state index contributed by atoms with van der Waals surface area (Å²) in [4.78, 5) is 32.3. The second kappa shape index (κ2) is 8.34. The zero-order valence-electron chi connectivity index (χ0n) is 19.2. The van der Waals surface area contributed by atoms with Crippen LogP contribution in [0.15, 0.2) is 65.6 Å². The van der Waals surface area contributed by atoms with Crippen molar-refractivity contribution in [3.63, 3.8) is 0 Å². The van der Waals surface area contributed by atoms with Crippen LogP contribution in [0.1, 0.15) is 4.88 Å². The van der Waals surface area contributed by atoms with E-state index in [9.17, 15) is 4.79 Å². The molecule has 1 aliphatic rings. The SMILES string of the molecule is Cc1ccc(-c2nc3[nH]c(=O)c(N4CCN(C)CC4)cc3cc2-c2ccc3ncccc3c2)s1. The number of piperazine rings is 1. The minimum Gasteiger partial charge on any atom is -0.364 e. The van der Waals surface area contributed by atoms with E-state index in [-0.39, 0.29) is 5.56 Å². The molecule has 0 amide bonds. The number of nitrogens with one attached hydrogen (secondary N) is 1. The number of likely N-dealkylation sites (N-methyl/N-ethyl adjacent to an activating group) is 1. The monoisotopic (exact) mass is 467 g/mol. The zero-order valence-corrected chi connectivity index (χ0v) is 20.0. The zero-order chi connectivity index (χ0) is 23.2. The maximum atomic E-state index is 13.0. The Morgan fingerprint density at radius 2 is 1.82 bits per heavy atom. The maximum absolute atomic E-state index is 13.0. The number of aromatic amines is 1. The first-order valence-corrected chi connectivity index (χ1v) is 12.3. The first-order chi connectivity index (χ1) is 16.5. The summed E-state index contributed by atoms with van der Waals surface area (Å²) in [6.45, 7) is 5.68. The van der Waals surface area contributed by atoms with Crippen molar-refractivity contribution in [3.8, 4) is 21.7 Å². The highest BCUT2D eigenvalue weighted by atomic mass is 32.1. The molecule has 0 spiro atoms. The van der Waals surface area contributed by atoms with E-state index in [1.807, 2.05) is 18.3 Å². The van der Waals surface area contributed by atoms with Gasteiger partial charge in [0, 0.05) is 53.6 Å². The van der Waals surface area contributed by atoms with Gasteiger partial charge >= 0.3 is 0 Å². The van der Waals surface area contributed by atoms with Crippen LogP contribution in [0.5, 0.6) is 0 Å². The lowest BCUT2D eigenvalue weighted by atomic mass is 9.99. The quantitative estimate of drug-likeness (QED) is 0.408. The largest absolute Gasteiger partial charge is 0.364 e. The summed E-state index contributed by atoms with van der Waals surface area (Å²) in [5.74, 6) is 0. The third-order valence-electron chi connectivity index (χ3n) is 6.54. The molecular formula is C27H25N5OS. The summed E-state index contributed by atoms with van der Waals surface area (Å²) in [6.07, 6.45) is 1.82. The fourth-order valence-electron chi connectivity index (χ4n) is 4.62. The standard InChI is InChI=1S/C27H25N5OS/c1-17-5-8-24(34-17)25-21(18-6-7-22-19(14-18)4-3-9-28-22)15-20-16-23(27(33)30-26(20)29-25)32-12-10-31(2)11-13-32/h3-9,14-16H,10-13H2,1-2H3,(H,29,30,33). The minimum absolute atomic E-state index is 0.0811. The molecule has 6 rings (SSSR count). The number of anilines is 1. The van der Waals surface area contributed by atoms with Gasteiger partial charge < -0.3 is 14.8 Å². The number of aryl methyl sites for hydroxylation is 1. The Morgan fingerprint density at radius 1 is 0.971 bits per heavy atom. The Kier molecular flexibility index (Phi) is 5.16. The Hall–Kier alpha value is -3.55. The molecule has 170 valence electrons. The van der Waals surface area contributed by atoms with Crippen LogP contribution in [0.2, 0.25) is 0 Å². The van der Waals surface area contributed by atoms with Crippen molar-refractivity contribution in [2.24, 2.45) is 0 Å². The highest BCUT2D eigenvalue weighted by molar-refractivity contribution is 7.15. The maximum Gasteiger partial charge on any atom is 0.273 e. The molecule has 1 N–H and O–H groups in total. The van der Waals surface area contributed by atoms with Crippen molar-refractivity contribution in [1.82, 2.24) is 19.9 Å². The molecule has 1 aromatic carbocycles. The Morgan fingerprint density at radius 3 is 2.62 bits per heavy atom. The lowest BCUT2D eigenvalue weighted by Crippen LogP contribution is -2.46. The van der Waals surface area contributed by atoms with Gasteiger partial charge in [-0.3, -0.25) is 9.78 Å². The smallest absolute Gasteiger partial charge is 0.273 e. The molecule has 0 atom stereocenters. The predicted molar refractivity (Wildman–Crippen MR) is 141 cm³/mol. The number of aromatic nitrogens is 3. The van der Waals surface area contributed by atoms with Gasteiger partial charge in [-0.15, -0.1) is 11.3 Å². The third-order valence-corrected chi connectivity index (χ3v) is 7.55. The van der Waals surface area contributed by atoms with E-state index in [0.29, 0.717) is 5.65 Å². The molecule has 6 nitrogen and oxygen atoms in total. The highest BCUT2D eigenvalue weighted by Crippen LogP contribution is 2.37. The lowest BCUT2D eigenvalue weighted by Gasteiger charge is -2.33. The normalized spacial score (nSPS) is 14.8. The average Bonchev–Trinajstić information content (AvgIpc) is 3.29. The molecule has 0 saturated carbocycles. The van der Waals surface area contributed by atoms with E-state index in [0.717, 1.165) is 69.9 Å². The second-order valence-electron chi connectivity index (χ2n) is 8.92. The molecule has 4 aromatic heterocycles. The van der Waals surface area contributed by atoms with Crippen molar-refractivity contribution < 1.29 is 0 Å². The van der Waals surface area contributed by atoms with Crippen molar-refractivity contribution >= 4 is 39.0 Å². The summed E-state index contributed by atoms with van der Waals surface area (Å²) in [5, 5.41) is 2.03. The molecule has 5 aromatic rings. The fourth-order valence-corrected chi connectivity index (χ4v) is 5.49. The molecule has 0 unspecified atom stereocenters. The van der Waals surface area contributed by atoms with Crippen molar-refractivity contribution in [2.45, 2.75) is 6.92 Å². The van der Waals surface area contributed by atoms with E-state index in [4.69, 9.17) is 4.98 Å². The van der Waals surface area contributed by atoms with E-state index in [1.165, 1.54) is 4.88 Å². The van der Waals surface area contributed by atoms with Crippen LogP contribution in [0.4, 0.5) is 5.69 Å². The average molecular weight is 468 g/mol. The van der Waals surface area contributed by atoms with Gasteiger partial charge in [0.05, 0.1) is 16.1 Å². The number of hydrogen-bond donors (Lipinski definition) is 1. The topological polar surface area (TPSA) is 65.1 Å². The number of hydrogen-bond acceptors (Lipinski definition) is 6. The number of nitrogens with zero attached hydrogens (tertiary/aromatic N) is 4. The Labute approximate surface area is 201 Å². The van der Waals surface area contributed by atoms with Gasteiger partial charge in [-0.25, -0.2) is 4.98 Å². The van der Waals surface area contributed by atoms with Crippen molar-refractivity contribution in [3.05, 3.63) is 76.0 Å². The third kappa shape index (κ3) is 3.77. The van der Waals surface area contributed by atoms with Crippen LogP contribution in [0.3, 0.4) is 0 Å². The summed E-state index contributed by atoms with van der Waals surface area (Å²) in [7, 11) is 2.12. The van der Waals surface area contributed by atoms with Gasteiger partial charge in [0.25, 0.3) is 5.56 Å². The predicted octanol–water partition coefficient (Wildman–Crippen LogP) is 4.93. The summed E-state index contributed by atoms with van der Waals surface area (Å²) >= 11 is 1.71. The fraction of sp³-hybridized carbons (Fsp3) is 0.222. The number of thiophene rings is 1. The molecule has 1 saturated heterocycles. The first-order valence-electron chi connectivity index (χ1n) is 11.5. The molecule has 1 aliphatic heterocycles. The Bertz CT molecular complexity index is 1580. The molecule has 1 fully saturated rings. The number of fused-ring (bicyclic) bond motifs is 2. The van der Waals surface area contributed by atoms with Crippen LogP contribution in [-0.4, -0.2) is 53.1 Å². The number of H-pyrrole nitrogens is 1. The highest BCUT2D eigenvalue weighted by Gasteiger charge is 2.19. The van der Waals surface area contributed by atoms with Crippen molar-refractivity contribution in [1.29, 1.82) is 0 Å². The van der Waals surface area contributed by atoms with Gasteiger partial charge in [-0.05, 0) is 62.0 Å². The number of pyridine rings is 3. The van der Waals surface area contributed by atoms with Crippen LogP contribution < -0.4 is 10.5 Å². The van der Waals surface area contributed by atoms with E-state index >= 15 is 0 Å². The van der Waals surface area contributed by atoms with Gasteiger partial charge in [0.15, 0.2) is 0 Å². The number of benzene rings is 1. The van der Waals surface area contributed by atoms with E-state index < -0.39 is 0 Å². The Balaban J connectivity index is 1.55. The van der Waals surface area contributed by atoms with Gasteiger partial charge in [-0.2, -0.15) is 0 Å².